The largest absolute Gasteiger partial charge is 0.368 e. The van der Waals surface area contributed by atoms with Gasteiger partial charge in [-0.25, -0.2) is 4.68 Å². The summed E-state index contributed by atoms with van der Waals surface area (Å²) in [4.78, 5) is 17.1. The van der Waals surface area contributed by atoms with Crippen LogP contribution in [0.5, 0.6) is 0 Å². The molecule has 2 heterocycles. The van der Waals surface area contributed by atoms with E-state index in [1.54, 1.807) is 10.9 Å². The van der Waals surface area contributed by atoms with Crippen molar-refractivity contribution < 1.29 is 4.79 Å². The van der Waals surface area contributed by atoms with Crippen LogP contribution in [0.15, 0.2) is 73.1 Å². The first-order valence-corrected chi connectivity index (χ1v) is 8.50. The maximum absolute atomic E-state index is 12.8. The van der Waals surface area contributed by atoms with Crippen LogP contribution in [0.1, 0.15) is 10.4 Å². The summed E-state index contributed by atoms with van der Waals surface area (Å²) in [6.45, 7) is 3.18. The van der Waals surface area contributed by atoms with Gasteiger partial charge in [0.2, 0.25) is 0 Å². The van der Waals surface area contributed by atoms with E-state index in [1.807, 2.05) is 59.6 Å². The van der Waals surface area contributed by atoms with Gasteiger partial charge in [-0.3, -0.25) is 4.79 Å². The number of piperazine rings is 1. The van der Waals surface area contributed by atoms with E-state index >= 15 is 0 Å². The molecule has 1 aromatic heterocycles. The molecule has 0 atom stereocenters. The minimum absolute atomic E-state index is 0.0849. The van der Waals surface area contributed by atoms with E-state index in [0.717, 1.165) is 31.9 Å². The highest BCUT2D eigenvalue weighted by molar-refractivity contribution is 5.95. The molecule has 5 heteroatoms. The molecule has 25 heavy (non-hydrogen) atoms. The fourth-order valence-electron chi connectivity index (χ4n) is 3.19. The quantitative estimate of drug-likeness (QED) is 0.741. The average Bonchev–Trinajstić information content (AvgIpc) is 3.23. The Hall–Kier alpha value is -3.08. The molecule has 1 fully saturated rings. The Morgan fingerprint density at radius 2 is 1.60 bits per heavy atom. The third kappa shape index (κ3) is 3.26. The van der Waals surface area contributed by atoms with Crippen molar-refractivity contribution in [3.8, 4) is 5.69 Å². The number of rotatable bonds is 3. The van der Waals surface area contributed by atoms with Gasteiger partial charge in [0.25, 0.3) is 5.91 Å². The topological polar surface area (TPSA) is 41.4 Å². The maximum Gasteiger partial charge on any atom is 0.254 e. The lowest BCUT2D eigenvalue weighted by Gasteiger charge is -2.36. The fraction of sp³-hybridized carbons (Fsp3) is 0.200. The van der Waals surface area contributed by atoms with Crippen LogP contribution in [0.2, 0.25) is 0 Å². The normalized spacial score (nSPS) is 14.6. The highest BCUT2D eigenvalue weighted by Crippen LogP contribution is 2.18. The van der Waals surface area contributed by atoms with Crippen LogP contribution in [0.25, 0.3) is 5.69 Å². The van der Waals surface area contributed by atoms with E-state index in [1.165, 1.54) is 5.69 Å². The summed E-state index contributed by atoms with van der Waals surface area (Å²) < 4.78 is 1.77. The maximum atomic E-state index is 12.8. The Morgan fingerprint density at radius 3 is 2.32 bits per heavy atom. The number of nitrogens with zero attached hydrogens (tertiary/aromatic N) is 4. The molecule has 0 spiro atoms. The molecule has 0 radical (unpaired) electrons. The fourth-order valence-corrected chi connectivity index (χ4v) is 3.19. The second kappa shape index (κ2) is 6.81. The Bertz CT molecular complexity index is 837. The summed E-state index contributed by atoms with van der Waals surface area (Å²) >= 11 is 0. The second-order valence-electron chi connectivity index (χ2n) is 6.12. The molecule has 5 nitrogen and oxygen atoms in total. The van der Waals surface area contributed by atoms with Crippen LogP contribution in [0, 0.1) is 0 Å². The average molecular weight is 332 g/mol. The Labute approximate surface area is 147 Å². The standard InChI is InChI=1S/C20H20N4O/c25-20(17-6-4-9-19(16-17)24-11-5-10-21-24)23-14-12-22(13-15-23)18-7-2-1-3-8-18/h1-11,16H,12-15H2. The number of hydrogen-bond donors (Lipinski definition) is 0. The van der Waals surface area contributed by atoms with Crippen molar-refractivity contribution in [3.05, 3.63) is 78.6 Å². The Balaban J connectivity index is 1.45. The number of carbonyl (C=O) groups is 1. The molecule has 0 N–H and O–H groups in total. The Morgan fingerprint density at radius 1 is 0.840 bits per heavy atom. The molecule has 1 aliphatic rings. The minimum atomic E-state index is 0.0849. The van der Waals surface area contributed by atoms with Crippen LogP contribution >= 0.6 is 0 Å². The molecule has 3 aromatic rings. The molecule has 126 valence electrons. The first-order chi connectivity index (χ1) is 12.3. The van der Waals surface area contributed by atoms with Crippen LogP contribution in [-0.4, -0.2) is 46.8 Å². The number of amides is 1. The third-order valence-electron chi connectivity index (χ3n) is 4.55. The zero-order chi connectivity index (χ0) is 17.1. The summed E-state index contributed by atoms with van der Waals surface area (Å²) in [5, 5.41) is 4.23. The van der Waals surface area contributed by atoms with Gasteiger partial charge in [-0.2, -0.15) is 5.10 Å². The van der Waals surface area contributed by atoms with Crippen LogP contribution in [0.4, 0.5) is 5.69 Å². The molecule has 1 amide bonds. The summed E-state index contributed by atoms with van der Waals surface area (Å²) in [7, 11) is 0. The van der Waals surface area contributed by atoms with Gasteiger partial charge >= 0.3 is 0 Å². The molecule has 2 aromatic carbocycles. The highest BCUT2D eigenvalue weighted by Gasteiger charge is 2.22. The van der Waals surface area contributed by atoms with Crippen molar-refractivity contribution in [3.63, 3.8) is 0 Å². The lowest BCUT2D eigenvalue weighted by molar-refractivity contribution is 0.0747. The van der Waals surface area contributed by atoms with Gasteiger partial charge in [-0.05, 0) is 36.4 Å². The van der Waals surface area contributed by atoms with Crippen LogP contribution < -0.4 is 4.90 Å². The molecule has 0 unspecified atom stereocenters. The molecule has 0 aliphatic carbocycles. The second-order valence-corrected chi connectivity index (χ2v) is 6.12. The van der Waals surface area contributed by atoms with E-state index < -0.39 is 0 Å². The van der Waals surface area contributed by atoms with Gasteiger partial charge in [0.15, 0.2) is 0 Å². The van der Waals surface area contributed by atoms with Gasteiger partial charge in [-0.1, -0.05) is 24.3 Å². The SMILES string of the molecule is O=C(c1cccc(-n2cccn2)c1)N1CCN(c2ccccc2)CC1. The van der Waals surface area contributed by atoms with Crippen molar-refractivity contribution in [1.29, 1.82) is 0 Å². The Kier molecular flexibility index (Phi) is 4.21. The number of hydrogen-bond acceptors (Lipinski definition) is 3. The van der Waals surface area contributed by atoms with Gasteiger partial charge in [0.05, 0.1) is 5.69 Å². The number of carbonyl (C=O) groups excluding carboxylic acids is 1. The lowest BCUT2D eigenvalue weighted by atomic mass is 10.1. The van der Waals surface area contributed by atoms with Crippen molar-refractivity contribution in [2.45, 2.75) is 0 Å². The number of aromatic nitrogens is 2. The van der Waals surface area contributed by atoms with E-state index in [-0.39, 0.29) is 5.91 Å². The van der Waals surface area contributed by atoms with E-state index in [2.05, 4.69) is 22.1 Å². The third-order valence-corrected chi connectivity index (χ3v) is 4.55. The number of anilines is 1. The number of benzene rings is 2. The first kappa shape index (κ1) is 15.4. The summed E-state index contributed by atoms with van der Waals surface area (Å²) in [5.74, 6) is 0.0849. The summed E-state index contributed by atoms with van der Waals surface area (Å²) in [5.41, 5.74) is 2.83. The monoisotopic (exact) mass is 332 g/mol. The smallest absolute Gasteiger partial charge is 0.254 e. The molecule has 1 saturated heterocycles. The lowest BCUT2D eigenvalue weighted by Crippen LogP contribution is -2.48. The molecule has 0 saturated carbocycles. The van der Waals surface area contributed by atoms with Crippen molar-refractivity contribution >= 4 is 11.6 Å². The molecule has 1 aliphatic heterocycles. The van der Waals surface area contributed by atoms with E-state index in [4.69, 9.17) is 0 Å². The molecule has 0 bridgehead atoms. The van der Waals surface area contributed by atoms with Gasteiger partial charge in [0.1, 0.15) is 0 Å². The summed E-state index contributed by atoms with van der Waals surface area (Å²) in [6.07, 6.45) is 3.61. The van der Waals surface area contributed by atoms with Crippen molar-refractivity contribution in [2.24, 2.45) is 0 Å². The van der Waals surface area contributed by atoms with Gasteiger partial charge in [-0.15, -0.1) is 0 Å². The predicted octanol–water partition coefficient (Wildman–Crippen LogP) is 2.83. The molecular weight excluding hydrogens is 312 g/mol. The van der Waals surface area contributed by atoms with Crippen LogP contribution in [-0.2, 0) is 0 Å². The zero-order valence-electron chi connectivity index (χ0n) is 14.0. The molecule has 4 rings (SSSR count). The van der Waals surface area contributed by atoms with Gasteiger partial charge < -0.3 is 9.80 Å². The predicted molar refractivity (Wildman–Crippen MR) is 98.1 cm³/mol. The zero-order valence-corrected chi connectivity index (χ0v) is 14.0. The van der Waals surface area contributed by atoms with Crippen molar-refractivity contribution in [2.75, 3.05) is 31.1 Å². The first-order valence-electron chi connectivity index (χ1n) is 8.50. The van der Waals surface area contributed by atoms with Crippen LogP contribution in [0.3, 0.4) is 0 Å². The number of para-hydroxylation sites is 1. The van der Waals surface area contributed by atoms with Gasteiger partial charge in [0, 0.05) is 49.8 Å². The van der Waals surface area contributed by atoms with E-state index in [0.29, 0.717) is 5.56 Å². The van der Waals surface area contributed by atoms with Crippen molar-refractivity contribution in [1.82, 2.24) is 14.7 Å². The highest BCUT2D eigenvalue weighted by atomic mass is 16.2. The molecular formula is C20H20N4O. The van der Waals surface area contributed by atoms with E-state index in [9.17, 15) is 4.79 Å². The minimum Gasteiger partial charge on any atom is -0.368 e. The summed E-state index contributed by atoms with van der Waals surface area (Å²) in [6, 6.07) is 19.9.